The Labute approximate surface area is 178 Å². The quantitative estimate of drug-likeness (QED) is 0.594. The van der Waals surface area contributed by atoms with Gasteiger partial charge >= 0.3 is 0 Å². The smallest absolute Gasteiger partial charge is 0.261 e. The van der Waals surface area contributed by atoms with Gasteiger partial charge in [0.1, 0.15) is 0 Å². The fourth-order valence-corrected chi connectivity index (χ4v) is 7.35. The SMILES string of the molecule is O=C(NC1CCCc2ccccc21)c1cc2c(s1)-c1ccc(Cl)cc1S(=O)(=O)C2. The summed E-state index contributed by atoms with van der Waals surface area (Å²) in [6, 6.07) is 14.8. The Hall–Kier alpha value is -2.15. The molecule has 1 amide bonds. The number of halogens is 1. The van der Waals surface area contributed by atoms with Crippen LogP contribution in [0.25, 0.3) is 10.4 Å². The second-order valence-corrected chi connectivity index (χ2v) is 10.9. The van der Waals surface area contributed by atoms with Crippen molar-refractivity contribution in [3.05, 3.63) is 75.1 Å². The van der Waals surface area contributed by atoms with Crippen LogP contribution in [0.5, 0.6) is 0 Å². The van der Waals surface area contributed by atoms with Gasteiger partial charge < -0.3 is 5.32 Å². The van der Waals surface area contributed by atoms with Crippen LogP contribution in [0.1, 0.15) is 45.2 Å². The van der Waals surface area contributed by atoms with Gasteiger partial charge in [0.25, 0.3) is 5.91 Å². The summed E-state index contributed by atoms with van der Waals surface area (Å²) >= 11 is 7.35. The summed E-state index contributed by atoms with van der Waals surface area (Å²) in [5.41, 5.74) is 3.77. The Kier molecular flexibility index (Phi) is 4.53. The highest BCUT2D eigenvalue weighted by molar-refractivity contribution is 7.91. The predicted molar refractivity (Wildman–Crippen MR) is 115 cm³/mol. The molecule has 0 spiro atoms. The van der Waals surface area contributed by atoms with E-state index in [1.54, 1.807) is 18.2 Å². The highest BCUT2D eigenvalue weighted by Gasteiger charge is 2.31. The molecular weight excluding hydrogens is 426 g/mol. The lowest BCUT2D eigenvalue weighted by Crippen LogP contribution is -2.30. The number of fused-ring (bicyclic) bond motifs is 4. The molecule has 3 aromatic rings. The van der Waals surface area contributed by atoms with E-state index >= 15 is 0 Å². The standard InChI is InChI=1S/C22H18ClNO3S2/c23-15-8-9-17-20(11-15)29(26,27)12-14-10-19(28-21(14)17)22(25)24-18-7-3-5-13-4-1-2-6-16(13)18/h1-2,4,6,8-11,18H,3,5,7,12H2,(H,24,25). The minimum absolute atomic E-state index is 0.0126. The van der Waals surface area contributed by atoms with Crippen molar-refractivity contribution >= 4 is 38.7 Å². The first-order valence-electron chi connectivity index (χ1n) is 9.46. The normalized spacial score (nSPS) is 19.0. The van der Waals surface area contributed by atoms with Crippen LogP contribution in [0.2, 0.25) is 5.02 Å². The van der Waals surface area contributed by atoms with E-state index in [0.29, 0.717) is 21.0 Å². The molecule has 0 fully saturated rings. The predicted octanol–water partition coefficient (Wildman–Crippen LogP) is 5.16. The summed E-state index contributed by atoms with van der Waals surface area (Å²) in [7, 11) is -3.47. The van der Waals surface area contributed by atoms with Crippen molar-refractivity contribution in [1.29, 1.82) is 0 Å². The molecule has 0 saturated heterocycles. The van der Waals surface area contributed by atoms with Gasteiger partial charge in [0.2, 0.25) is 0 Å². The maximum absolute atomic E-state index is 13.0. The zero-order valence-electron chi connectivity index (χ0n) is 15.4. The summed E-state index contributed by atoms with van der Waals surface area (Å²) in [6.45, 7) is 0. The summed E-state index contributed by atoms with van der Waals surface area (Å²) in [4.78, 5) is 14.6. The van der Waals surface area contributed by atoms with Crippen LogP contribution in [-0.2, 0) is 22.0 Å². The molecule has 1 aromatic heterocycles. The molecule has 2 aromatic carbocycles. The van der Waals surface area contributed by atoms with Crippen molar-refractivity contribution in [2.75, 3.05) is 0 Å². The summed E-state index contributed by atoms with van der Waals surface area (Å²) in [5, 5.41) is 3.55. The molecule has 1 unspecified atom stereocenters. The minimum Gasteiger partial charge on any atom is -0.345 e. The first-order valence-corrected chi connectivity index (χ1v) is 12.3. The molecule has 4 nitrogen and oxygen atoms in total. The fraction of sp³-hybridized carbons (Fsp3) is 0.227. The maximum Gasteiger partial charge on any atom is 0.261 e. The van der Waals surface area contributed by atoms with E-state index in [2.05, 4.69) is 17.4 Å². The zero-order valence-corrected chi connectivity index (χ0v) is 17.8. The average Bonchev–Trinajstić information content (AvgIpc) is 3.12. The van der Waals surface area contributed by atoms with E-state index in [1.165, 1.54) is 28.5 Å². The number of nitrogens with one attached hydrogen (secondary N) is 1. The Morgan fingerprint density at radius 2 is 1.93 bits per heavy atom. The van der Waals surface area contributed by atoms with E-state index in [-0.39, 0.29) is 22.6 Å². The van der Waals surface area contributed by atoms with Crippen molar-refractivity contribution in [2.45, 2.75) is 36.0 Å². The third-order valence-corrected chi connectivity index (χ3v) is 8.72. The van der Waals surface area contributed by atoms with Gasteiger partial charge in [-0.25, -0.2) is 8.42 Å². The number of hydrogen-bond donors (Lipinski definition) is 1. The fourth-order valence-electron chi connectivity index (χ4n) is 4.23. The number of rotatable bonds is 2. The molecule has 2 heterocycles. The van der Waals surface area contributed by atoms with Crippen LogP contribution in [0.15, 0.2) is 53.4 Å². The van der Waals surface area contributed by atoms with Gasteiger partial charge in [-0.3, -0.25) is 4.79 Å². The topological polar surface area (TPSA) is 63.2 Å². The highest BCUT2D eigenvalue weighted by Crippen LogP contribution is 2.43. The second kappa shape index (κ2) is 6.97. The molecule has 1 N–H and O–H groups in total. The van der Waals surface area contributed by atoms with Gasteiger partial charge in [-0.2, -0.15) is 0 Å². The largest absolute Gasteiger partial charge is 0.345 e. The lowest BCUT2D eigenvalue weighted by Gasteiger charge is -2.26. The third kappa shape index (κ3) is 3.29. The molecule has 2 aliphatic rings. The van der Waals surface area contributed by atoms with Crippen molar-refractivity contribution in [3.8, 4) is 10.4 Å². The maximum atomic E-state index is 13.0. The van der Waals surface area contributed by atoms with Gasteiger partial charge in [0.05, 0.1) is 21.6 Å². The van der Waals surface area contributed by atoms with Gasteiger partial charge in [0.15, 0.2) is 9.84 Å². The molecule has 1 aliphatic heterocycles. The summed E-state index contributed by atoms with van der Waals surface area (Å²) in [5.74, 6) is -0.259. The van der Waals surface area contributed by atoms with Crippen LogP contribution in [0, 0.1) is 0 Å². The zero-order chi connectivity index (χ0) is 20.2. The molecule has 7 heteroatoms. The van der Waals surface area contributed by atoms with E-state index in [4.69, 9.17) is 11.6 Å². The number of sulfone groups is 1. The van der Waals surface area contributed by atoms with Crippen molar-refractivity contribution in [3.63, 3.8) is 0 Å². The van der Waals surface area contributed by atoms with Crippen LogP contribution < -0.4 is 5.32 Å². The number of thiophene rings is 1. The van der Waals surface area contributed by atoms with Crippen LogP contribution in [-0.4, -0.2) is 14.3 Å². The molecule has 0 bridgehead atoms. The van der Waals surface area contributed by atoms with Gasteiger partial charge in [-0.05, 0) is 54.2 Å². The van der Waals surface area contributed by atoms with Crippen molar-refractivity contribution in [2.24, 2.45) is 0 Å². The monoisotopic (exact) mass is 443 g/mol. The Balaban J connectivity index is 1.48. The van der Waals surface area contributed by atoms with Gasteiger partial charge in [-0.1, -0.05) is 41.9 Å². The van der Waals surface area contributed by atoms with Crippen LogP contribution in [0.4, 0.5) is 0 Å². The molecule has 148 valence electrons. The van der Waals surface area contributed by atoms with E-state index in [1.807, 2.05) is 12.1 Å². The molecule has 29 heavy (non-hydrogen) atoms. The molecule has 1 aliphatic carbocycles. The first kappa shape index (κ1) is 18.9. The number of carbonyl (C=O) groups is 1. The number of hydrogen-bond acceptors (Lipinski definition) is 4. The van der Waals surface area contributed by atoms with Gasteiger partial charge in [-0.15, -0.1) is 11.3 Å². The van der Waals surface area contributed by atoms with E-state index in [9.17, 15) is 13.2 Å². The first-order chi connectivity index (χ1) is 13.9. The van der Waals surface area contributed by atoms with Crippen molar-refractivity contribution < 1.29 is 13.2 Å². The van der Waals surface area contributed by atoms with Crippen LogP contribution >= 0.6 is 22.9 Å². The molecule has 0 radical (unpaired) electrons. The molecule has 0 saturated carbocycles. The number of aryl methyl sites for hydroxylation is 1. The van der Waals surface area contributed by atoms with Crippen LogP contribution in [0.3, 0.4) is 0 Å². The molecule has 5 rings (SSSR count). The lowest BCUT2D eigenvalue weighted by atomic mass is 9.88. The number of benzene rings is 2. The second-order valence-electron chi connectivity index (χ2n) is 7.48. The number of amides is 1. The Morgan fingerprint density at radius 1 is 1.10 bits per heavy atom. The number of carbonyl (C=O) groups excluding carboxylic acids is 1. The summed E-state index contributed by atoms with van der Waals surface area (Å²) < 4.78 is 25.3. The van der Waals surface area contributed by atoms with E-state index < -0.39 is 9.84 Å². The Morgan fingerprint density at radius 3 is 2.79 bits per heavy atom. The van der Waals surface area contributed by atoms with Crippen molar-refractivity contribution in [1.82, 2.24) is 5.32 Å². The third-order valence-electron chi connectivity index (χ3n) is 5.58. The lowest BCUT2D eigenvalue weighted by molar-refractivity contribution is 0.0937. The Bertz CT molecular complexity index is 1250. The average molecular weight is 444 g/mol. The van der Waals surface area contributed by atoms with E-state index in [0.717, 1.165) is 24.1 Å². The minimum atomic E-state index is -3.47. The molecule has 1 atom stereocenters. The highest BCUT2D eigenvalue weighted by atomic mass is 35.5. The molecular formula is C22H18ClNO3S2. The summed E-state index contributed by atoms with van der Waals surface area (Å²) in [6.07, 6.45) is 2.98. The van der Waals surface area contributed by atoms with Gasteiger partial charge in [0, 0.05) is 15.5 Å².